The van der Waals surface area contributed by atoms with Gasteiger partial charge in [-0.05, 0) is 54.4 Å². The maximum absolute atomic E-state index is 13.1. The number of benzene rings is 3. The van der Waals surface area contributed by atoms with Crippen LogP contribution in [0.1, 0.15) is 41.4 Å². The minimum atomic E-state index is -3.60. The van der Waals surface area contributed by atoms with Crippen LogP contribution in [0.25, 0.3) is 0 Å². The maximum atomic E-state index is 13.1. The average molecular weight is 441 g/mol. The first-order valence-electron chi connectivity index (χ1n) is 10.0. The van der Waals surface area contributed by atoms with E-state index >= 15 is 0 Å². The number of nitrogens with zero attached hydrogens (tertiary/aromatic N) is 1. The zero-order valence-corrected chi connectivity index (χ0v) is 18.3. The van der Waals surface area contributed by atoms with Crippen molar-refractivity contribution < 1.29 is 17.6 Å². The molecule has 7 heteroatoms. The van der Waals surface area contributed by atoms with E-state index in [1.165, 1.54) is 16.4 Å². The zero-order valence-electron chi connectivity index (χ0n) is 17.5. The van der Waals surface area contributed by atoms with E-state index in [0.29, 0.717) is 12.1 Å². The summed E-state index contributed by atoms with van der Waals surface area (Å²) in [5.74, 6) is -0.583. The fraction of sp³-hybridized carbons (Fsp3) is 0.208. The van der Waals surface area contributed by atoms with Crippen molar-refractivity contribution in [1.82, 2.24) is 9.62 Å². The molecule has 0 unspecified atom stereocenters. The second-order valence-corrected chi connectivity index (χ2v) is 9.13. The van der Waals surface area contributed by atoms with E-state index in [0.717, 1.165) is 11.1 Å². The minimum Gasteiger partial charge on any atom is -0.346 e. The number of nitrogens with one attached hydrogen (secondary N) is 1. The van der Waals surface area contributed by atoms with Gasteiger partial charge in [0.2, 0.25) is 10.0 Å². The fourth-order valence-electron chi connectivity index (χ4n) is 3.19. The van der Waals surface area contributed by atoms with E-state index < -0.39 is 10.0 Å². The Balaban J connectivity index is 1.67. The Morgan fingerprint density at radius 3 is 2.16 bits per heavy atom. The molecule has 0 radical (unpaired) electrons. The molecule has 0 aliphatic heterocycles. The van der Waals surface area contributed by atoms with Crippen molar-refractivity contribution in [3.8, 4) is 0 Å². The highest BCUT2D eigenvalue weighted by Gasteiger charge is 2.23. The average Bonchev–Trinajstić information content (AvgIpc) is 2.78. The third kappa shape index (κ3) is 5.57. The van der Waals surface area contributed by atoms with Gasteiger partial charge in [-0.2, -0.15) is 4.31 Å². The smallest absolute Gasteiger partial charge is 0.251 e. The molecule has 0 bridgehead atoms. The summed E-state index contributed by atoms with van der Waals surface area (Å²) in [7, 11) is -3.60. The van der Waals surface area contributed by atoms with Gasteiger partial charge in [0, 0.05) is 18.7 Å². The third-order valence-electron chi connectivity index (χ3n) is 5.03. The van der Waals surface area contributed by atoms with Crippen LogP contribution in [-0.2, 0) is 16.6 Å². The van der Waals surface area contributed by atoms with Crippen molar-refractivity contribution >= 4 is 15.9 Å². The van der Waals surface area contributed by atoms with E-state index in [1.807, 2.05) is 6.92 Å². The van der Waals surface area contributed by atoms with Crippen molar-refractivity contribution in [3.63, 3.8) is 0 Å². The molecule has 31 heavy (non-hydrogen) atoms. The van der Waals surface area contributed by atoms with Crippen LogP contribution in [-0.4, -0.2) is 25.2 Å². The van der Waals surface area contributed by atoms with Crippen LogP contribution in [0.15, 0.2) is 83.8 Å². The molecule has 3 aromatic rings. The summed E-state index contributed by atoms with van der Waals surface area (Å²) in [5.41, 5.74) is 2.05. The lowest BCUT2D eigenvalue weighted by Gasteiger charge is -2.21. The molecule has 3 aromatic carbocycles. The molecule has 0 aliphatic carbocycles. The van der Waals surface area contributed by atoms with E-state index in [9.17, 15) is 17.6 Å². The molecule has 1 amide bonds. The third-order valence-corrected chi connectivity index (χ3v) is 6.96. The van der Waals surface area contributed by atoms with E-state index in [2.05, 4.69) is 5.32 Å². The molecule has 1 atom stereocenters. The number of hydrogen-bond acceptors (Lipinski definition) is 3. The number of halogens is 1. The number of sulfonamides is 1. The summed E-state index contributed by atoms with van der Waals surface area (Å²) in [6.45, 7) is 4.16. The van der Waals surface area contributed by atoms with Crippen molar-refractivity contribution in [1.29, 1.82) is 0 Å². The Labute approximate surface area is 182 Å². The number of rotatable bonds is 8. The molecular weight excluding hydrogens is 415 g/mol. The van der Waals surface area contributed by atoms with Gasteiger partial charge < -0.3 is 5.32 Å². The van der Waals surface area contributed by atoms with Gasteiger partial charge in [0.25, 0.3) is 5.91 Å². The second-order valence-electron chi connectivity index (χ2n) is 7.19. The Hall–Kier alpha value is -3.03. The Bertz CT molecular complexity index is 1120. The number of carbonyl (C=O) groups is 1. The molecule has 162 valence electrons. The van der Waals surface area contributed by atoms with Gasteiger partial charge in [0.15, 0.2) is 0 Å². The van der Waals surface area contributed by atoms with Crippen LogP contribution in [0.5, 0.6) is 0 Å². The highest BCUT2D eigenvalue weighted by molar-refractivity contribution is 7.89. The highest BCUT2D eigenvalue weighted by Crippen LogP contribution is 2.19. The van der Waals surface area contributed by atoms with Gasteiger partial charge in [-0.15, -0.1) is 0 Å². The van der Waals surface area contributed by atoms with Crippen LogP contribution in [0.2, 0.25) is 0 Å². The first-order chi connectivity index (χ1) is 14.8. The molecule has 0 fully saturated rings. The van der Waals surface area contributed by atoms with Crippen LogP contribution < -0.4 is 5.32 Å². The summed E-state index contributed by atoms with van der Waals surface area (Å²) in [4.78, 5) is 12.8. The summed E-state index contributed by atoms with van der Waals surface area (Å²) in [6, 6.07) is 20.9. The monoisotopic (exact) mass is 440 g/mol. The molecule has 5 nitrogen and oxygen atoms in total. The molecule has 0 aliphatic rings. The maximum Gasteiger partial charge on any atom is 0.251 e. The zero-order chi connectivity index (χ0) is 22.4. The van der Waals surface area contributed by atoms with Gasteiger partial charge in [-0.3, -0.25) is 4.79 Å². The fourth-order valence-corrected chi connectivity index (χ4v) is 4.65. The van der Waals surface area contributed by atoms with Crippen LogP contribution >= 0.6 is 0 Å². The summed E-state index contributed by atoms with van der Waals surface area (Å²) < 4.78 is 40.2. The predicted molar refractivity (Wildman–Crippen MR) is 118 cm³/mol. The number of hydrogen-bond donors (Lipinski definition) is 1. The van der Waals surface area contributed by atoms with Crippen molar-refractivity contribution in [3.05, 3.63) is 101 Å². The van der Waals surface area contributed by atoms with E-state index in [-0.39, 0.29) is 29.2 Å². The largest absolute Gasteiger partial charge is 0.346 e. The second kappa shape index (κ2) is 9.85. The van der Waals surface area contributed by atoms with Gasteiger partial charge in [-0.1, -0.05) is 49.4 Å². The standard InChI is InChI=1S/C24H25FN2O3S/c1-3-27(31(29,30)23-7-5-4-6-8-23)17-19-9-11-21(12-10-19)24(28)26-18(2)20-13-15-22(25)16-14-20/h4-16,18H,3,17H2,1-2H3,(H,26,28)/t18-/m1/s1. The van der Waals surface area contributed by atoms with Crippen molar-refractivity contribution in [2.75, 3.05) is 6.54 Å². The summed E-state index contributed by atoms with van der Waals surface area (Å²) in [5, 5.41) is 2.88. The first-order valence-corrected chi connectivity index (χ1v) is 11.5. The molecule has 1 N–H and O–H groups in total. The first kappa shape index (κ1) is 22.7. The molecule has 0 saturated carbocycles. The van der Waals surface area contributed by atoms with Crippen LogP contribution in [0.4, 0.5) is 4.39 Å². The topological polar surface area (TPSA) is 66.5 Å². The molecule has 0 heterocycles. The van der Waals surface area contributed by atoms with E-state index in [4.69, 9.17) is 0 Å². The quantitative estimate of drug-likeness (QED) is 0.560. The predicted octanol–water partition coefficient (Wildman–Crippen LogP) is 4.53. The Kier molecular flexibility index (Phi) is 7.20. The van der Waals surface area contributed by atoms with Gasteiger partial charge in [0.05, 0.1) is 10.9 Å². The molecule has 0 aromatic heterocycles. The van der Waals surface area contributed by atoms with Crippen molar-refractivity contribution in [2.24, 2.45) is 0 Å². The molecule has 0 saturated heterocycles. The molecule has 3 rings (SSSR count). The number of amides is 1. The van der Waals surface area contributed by atoms with Crippen LogP contribution in [0.3, 0.4) is 0 Å². The lowest BCUT2D eigenvalue weighted by molar-refractivity contribution is 0.0940. The van der Waals surface area contributed by atoms with Crippen LogP contribution in [0, 0.1) is 5.82 Å². The Morgan fingerprint density at radius 1 is 0.968 bits per heavy atom. The minimum absolute atomic E-state index is 0.210. The lowest BCUT2D eigenvalue weighted by Crippen LogP contribution is -2.30. The highest BCUT2D eigenvalue weighted by atomic mass is 32.2. The number of carbonyl (C=O) groups excluding carboxylic acids is 1. The summed E-state index contributed by atoms with van der Waals surface area (Å²) >= 11 is 0. The van der Waals surface area contributed by atoms with Gasteiger partial charge in [-0.25, -0.2) is 12.8 Å². The lowest BCUT2D eigenvalue weighted by atomic mass is 10.1. The van der Waals surface area contributed by atoms with Gasteiger partial charge >= 0.3 is 0 Å². The normalized spacial score (nSPS) is 12.5. The van der Waals surface area contributed by atoms with Crippen molar-refractivity contribution in [2.45, 2.75) is 31.3 Å². The Morgan fingerprint density at radius 2 is 1.58 bits per heavy atom. The molecular formula is C24H25FN2O3S. The summed E-state index contributed by atoms with van der Waals surface area (Å²) in [6.07, 6.45) is 0. The van der Waals surface area contributed by atoms with E-state index in [1.54, 1.807) is 73.7 Å². The van der Waals surface area contributed by atoms with Gasteiger partial charge in [0.1, 0.15) is 5.82 Å². The SMILES string of the molecule is CCN(Cc1ccc(C(=O)N[C@H](C)c2ccc(F)cc2)cc1)S(=O)(=O)c1ccccc1. The molecule has 0 spiro atoms.